The highest BCUT2D eigenvalue weighted by Crippen LogP contribution is 2.28. The maximum Gasteiger partial charge on any atom is 0.167 e. The highest BCUT2D eigenvalue weighted by molar-refractivity contribution is 5.82. The van der Waals surface area contributed by atoms with E-state index in [0.29, 0.717) is 25.7 Å². The number of aromatic nitrogens is 4. The summed E-state index contributed by atoms with van der Waals surface area (Å²) >= 11 is 0. The molecule has 2 aromatic rings. The van der Waals surface area contributed by atoms with Gasteiger partial charge in [-0.3, -0.25) is 9.47 Å². The molecule has 9 nitrogen and oxygen atoms in total. The summed E-state index contributed by atoms with van der Waals surface area (Å²) in [5.41, 5.74) is 1.52. The molecule has 0 amide bonds. The molecule has 0 radical (unpaired) electrons. The molecule has 9 heteroatoms. The Bertz CT molecular complexity index is 748. The number of aliphatic hydroxyl groups is 1. The number of nitrogens with zero attached hydrogens (tertiary/aromatic N) is 5. The first-order valence-corrected chi connectivity index (χ1v) is 9.70. The minimum absolute atomic E-state index is 0.0178. The molecule has 0 unspecified atom stereocenters. The van der Waals surface area contributed by atoms with Crippen LogP contribution in [0.15, 0.2) is 12.7 Å². The SMILES string of the molecule is COCCN1C[C@@H](CO)O[C@@H](n2cnc3c(NC4CCCC4)ncnc32)C1. The maximum atomic E-state index is 9.62. The lowest BCUT2D eigenvalue weighted by atomic mass is 10.2. The standard InChI is InChI=1S/C18H28N6O3/c1-26-7-6-23-8-14(10-25)27-15(9-23)24-12-21-16-17(19-11-20-18(16)24)22-13-4-2-3-5-13/h11-15,25H,2-10H2,1H3,(H,19,20,22)/t14-,15+/m0/s1. The van der Waals surface area contributed by atoms with Crippen molar-refractivity contribution in [2.24, 2.45) is 0 Å². The van der Waals surface area contributed by atoms with Crippen molar-refractivity contribution >= 4 is 17.0 Å². The Kier molecular flexibility index (Phi) is 5.82. The number of hydrogen-bond donors (Lipinski definition) is 2. The maximum absolute atomic E-state index is 9.62. The second kappa shape index (κ2) is 8.47. The number of morpholine rings is 1. The van der Waals surface area contributed by atoms with Crippen molar-refractivity contribution < 1.29 is 14.6 Å². The highest BCUT2D eigenvalue weighted by atomic mass is 16.5. The van der Waals surface area contributed by atoms with Gasteiger partial charge in [-0.1, -0.05) is 12.8 Å². The van der Waals surface area contributed by atoms with Gasteiger partial charge in [-0.15, -0.1) is 0 Å². The van der Waals surface area contributed by atoms with Gasteiger partial charge < -0.3 is 19.9 Å². The topological polar surface area (TPSA) is 97.6 Å². The monoisotopic (exact) mass is 376 g/mol. The largest absolute Gasteiger partial charge is 0.394 e. The Morgan fingerprint density at radius 2 is 2.11 bits per heavy atom. The molecule has 2 N–H and O–H groups in total. The van der Waals surface area contributed by atoms with Crippen molar-refractivity contribution in [2.45, 2.75) is 44.1 Å². The summed E-state index contributed by atoms with van der Waals surface area (Å²) < 4.78 is 13.2. The Morgan fingerprint density at radius 3 is 2.89 bits per heavy atom. The van der Waals surface area contributed by atoms with Crippen LogP contribution in [0.25, 0.3) is 11.2 Å². The number of aliphatic hydroxyl groups excluding tert-OH is 1. The number of anilines is 1. The summed E-state index contributed by atoms with van der Waals surface area (Å²) in [6, 6.07) is 0.461. The van der Waals surface area contributed by atoms with Crippen molar-refractivity contribution in [3.05, 3.63) is 12.7 Å². The minimum Gasteiger partial charge on any atom is -0.394 e. The molecular formula is C18H28N6O3. The lowest BCUT2D eigenvalue weighted by Crippen LogP contribution is -2.48. The lowest BCUT2D eigenvalue weighted by molar-refractivity contribution is -0.135. The quantitative estimate of drug-likeness (QED) is 0.739. The molecule has 1 aliphatic carbocycles. The van der Waals surface area contributed by atoms with E-state index in [1.54, 1.807) is 19.8 Å². The number of rotatable bonds is 7. The first kappa shape index (κ1) is 18.5. The van der Waals surface area contributed by atoms with Gasteiger partial charge >= 0.3 is 0 Å². The number of methoxy groups -OCH3 is 1. The molecule has 2 aliphatic rings. The van der Waals surface area contributed by atoms with Crippen molar-refractivity contribution in [1.29, 1.82) is 0 Å². The van der Waals surface area contributed by atoms with Crippen LogP contribution in [-0.4, -0.2) is 81.6 Å². The summed E-state index contributed by atoms with van der Waals surface area (Å²) in [5.74, 6) is 0.788. The van der Waals surface area contributed by atoms with Crippen molar-refractivity contribution in [3.63, 3.8) is 0 Å². The van der Waals surface area contributed by atoms with Crippen molar-refractivity contribution in [3.8, 4) is 0 Å². The fourth-order valence-electron chi connectivity index (χ4n) is 3.98. The van der Waals surface area contributed by atoms with Crippen molar-refractivity contribution in [2.75, 3.05) is 45.3 Å². The normalized spacial score (nSPS) is 24.7. The third-order valence-electron chi connectivity index (χ3n) is 5.41. The summed E-state index contributed by atoms with van der Waals surface area (Å²) in [5, 5.41) is 13.1. The van der Waals surface area contributed by atoms with Crippen LogP contribution in [0.4, 0.5) is 5.82 Å². The van der Waals surface area contributed by atoms with Gasteiger partial charge in [0.15, 0.2) is 17.0 Å². The van der Waals surface area contributed by atoms with Crippen LogP contribution in [0, 0.1) is 0 Å². The average molecular weight is 376 g/mol. The molecule has 1 aliphatic heterocycles. The molecule has 0 spiro atoms. The van der Waals surface area contributed by atoms with Gasteiger partial charge in [0.05, 0.1) is 25.6 Å². The molecule has 27 heavy (non-hydrogen) atoms. The van der Waals surface area contributed by atoms with E-state index in [1.807, 2.05) is 4.57 Å². The highest BCUT2D eigenvalue weighted by Gasteiger charge is 2.30. The minimum atomic E-state index is -0.257. The smallest absolute Gasteiger partial charge is 0.167 e. The Balaban J connectivity index is 1.57. The molecule has 2 fully saturated rings. The third-order valence-corrected chi connectivity index (χ3v) is 5.41. The number of imidazole rings is 1. The van der Waals surface area contributed by atoms with Gasteiger partial charge in [0.25, 0.3) is 0 Å². The molecular weight excluding hydrogens is 348 g/mol. The fraction of sp³-hybridized carbons (Fsp3) is 0.722. The summed E-state index contributed by atoms with van der Waals surface area (Å²) in [6.45, 7) is 2.80. The van der Waals surface area contributed by atoms with E-state index >= 15 is 0 Å². The summed E-state index contributed by atoms with van der Waals surface area (Å²) in [7, 11) is 1.70. The molecule has 2 atom stereocenters. The van der Waals surface area contributed by atoms with Crippen molar-refractivity contribution in [1.82, 2.24) is 24.4 Å². The van der Waals surface area contributed by atoms with E-state index in [4.69, 9.17) is 9.47 Å². The molecule has 2 aromatic heterocycles. The first-order valence-electron chi connectivity index (χ1n) is 9.70. The van der Waals surface area contributed by atoms with Crippen LogP contribution in [0.3, 0.4) is 0 Å². The second-order valence-electron chi connectivity index (χ2n) is 7.32. The van der Waals surface area contributed by atoms with Crippen LogP contribution in [-0.2, 0) is 9.47 Å². The zero-order valence-corrected chi connectivity index (χ0v) is 15.8. The Hall–Kier alpha value is -1.81. The van der Waals surface area contributed by atoms with Crippen LogP contribution >= 0.6 is 0 Å². The number of ether oxygens (including phenoxy) is 2. The zero-order chi connectivity index (χ0) is 18.6. The number of fused-ring (bicyclic) bond motifs is 1. The van der Waals surface area contributed by atoms with E-state index in [9.17, 15) is 5.11 Å². The number of nitrogens with one attached hydrogen (secondary N) is 1. The van der Waals surface area contributed by atoms with E-state index in [2.05, 4.69) is 25.2 Å². The summed E-state index contributed by atoms with van der Waals surface area (Å²) in [4.78, 5) is 15.7. The fourth-order valence-corrected chi connectivity index (χ4v) is 3.98. The van der Waals surface area contributed by atoms with E-state index in [0.717, 1.165) is 23.5 Å². The first-order chi connectivity index (χ1) is 13.3. The van der Waals surface area contributed by atoms with Gasteiger partial charge in [-0.05, 0) is 12.8 Å². The van der Waals surface area contributed by atoms with Gasteiger partial charge in [-0.2, -0.15) is 0 Å². The molecule has 148 valence electrons. The van der Waals surface area contributed by atoms with Gasteiger partial charge in [-0.25, -0.2) is 15.0 Å². The lowest BCUT2D eigenvalue weighted by Gasteiger charge is -2.37. The second-order valence-corrected chi connectivity index (χ2v) is 7.32. The van der Waals surface area contributed by atoms with Crippen LogP contribution < -0.4 is 5.32 Å². The molecule has 0 aromatic carbocycles. The van der Waals surface area contributed by atoms with Crippen LogP contribution in [0.5, 0.6) is 0 Å². The van der Waals surface area contributed by atoms with Crippen LogP contribution in [0.2, 0.25) is 0 Å². The predicted molar refractivity (Wildman–Crippen MR) is 101 cm³/mol. The molecule has 1 saturated carbocycles. The summed E-state index contributed by atoms with van der Waals surface area (Å²) in [6.07, 6.45) is 7.70. The molecule has 0 bridgehead atoms. The zero-order valence-electron chi connectivity index (χ0n) is 15.8. The number of hydrogen-bond acceptors (Lipinski definition) is 8. The van der Waals surface area contributed by atoms with E-state index in [1.165, 1.54) is 25.7 Å². The van der Waals surface area contributed by atoms with E-state index in [-0.39, 0.29) is 18.9 Å². The predicted octanol–water partition coefficient (Wildman–Crippen LogP) is 1.02. The molecule has 1 saturated heterocycles. The van der Waals surface area contributed by atoms with Crippen LogP contribution in [0.1, 0.15) is 31.9 Å². The van der Waals surface area contributed by atoms with Gasteiger partial charge in [0, 0.05) is 32.8 Å². The average Bonchev–Trinajstić information content (AvgIpc) is 3.36. The molecule has 3 heterocycles. The Labute approximate surface area is 158 Å². The van der Waals surface area contributed by atoms with E-state index < -0.39 is 0 Å². The third kappa shape index (κ3) is 4.06. The van der Waals surface area contributed by atoms with Gasteiger partial charge in [0.2, 0.25) is 0 Å². The van der Waals surface area contributed by atoms with Gasteiger partial charge in [0.1, 0.15) is 12.6 Å². The molecule has 4 rings (SSSR count). The Morgan fingerprint density at radius 1 is 1.26 bits per heavy atom.